The summed E-state index contributed by atoms with van der Waals surface area (Å²) in [5.74, 6) is -0.163. The molecule has 0 aromatic heterocycles. The van der Waals surface area contributed by atoms with Crippen LogP contribution in [0.5, 0.6) is 0 Å². The molecule has 0 radical (unpaired) electrons. The first-order valence-corrected chi connectivity index (χ1v) is 7.73. The number of hydrogen-bond acceptors (Lipinski definition) is 5. The van der Waals surface area contributed by atoms with Crippen LogP contribution < -0.4 is 10.6 Å². The molecule has 1 heterocycles. The number of amides is 2. The fourth-order valence-corrected chi connectivity index (χ4v) is 2.74. The van der Waals surface area contributed by atoms with Crippen molar-refractivity contribution in [1.82, 2.24) is 10.6 Å². The third-order valence-electron chi connectivity index (χ3n) is 4.40. The van der Waals surface area contributed by atoms with Crippen LogP contribution in [0.2, 0.25) is 0 Å². The minimum Gasteiger partial charge on any atom is -0.467 e. The number of nitrogens with one attached hydrogen (secondary N) is 2. The molecule has 2 fully saturated rings. The number of ether oxygens (including phenoxy) is 2. The van der Waals surface area contributed by atoms with E-state index in [9.17, 15) is 14.4 Å². The molecule has 0 spiro atoms. The molecule has 124 valence electrons. The Morgan fingerprint density at radius 3 is 2.45 bits per heavy atom. The van der Waals surface area contributed by atoms with Gasteiger partial charge in [-0.1, -0.05) is 6.92 Å². The molecule has 2 unspecified atom stereocenters. The van der Waals surface area contributed by atoms with Gasteiger partial charge in [-0.3, -0.25) is 9.59 Å². The molecule has 2 rings (SSSR count). The topological polar surface area (TPSA) is 93.7 Å². The second-order valence-corrected chi connectivity index (χ2v) is 6.09. The Balaban J connectivity index is 1.78. The van der Waals surface area contributed by atoms with Crippen molar-refractivity contribution in [3.05, 3.63) is 0 Å². The molecule has 1 saturated heterocycles. The van der Waals surface area contributed by atoms with Gasteiger partial charge in [-0.25, -0.2) is 4.79 Å². The molecular weight excluding hydrogens is 288 g/mol. The normalized spacial score (nSPS) is 25.9. The van der Waals surface area contributed by atoms with E-state index in [-0.39, 0.29) is 30.7 Å². The second-order valence-electron chi connectivity index (χ2n) is 6.09. The van der Waals surface area contributed by atoms with E-state index >= 15 is 0 Å². The highest BCUT2D eigenvalue weighted by atomic mass is 16.5. The number of carbonyl (C=O) groups is 3. The van der Waals surface area contributed by atoms with Crippen LogP contribution in [0, 0.1) is 11.8 Å². The quantitative estimate of drug-likeness (QED) is 0.673. The maximum absolute atomic E-state index is 12.1. The van der Waals surface area contributed by atoms with Gasteiger partial charge in [0, 0.05) is 44.9 Å². The highest BCUT2D eigenvalue weighted by Gasteiger charge is 2.42. The van der Waals surface area contributed by atoms with Crippen LogP contribution in [0.25, 0.3) is 0 Å². The molecule has 0 bridgehead atoms. The molecule has 22 heavy (non-hydrogen) atoms. The monoisotopic (exact) mass is 312 g/mol. The minimum atomic E-state index is -1.00. The molecule has 0 aromatic carbocycles. The van der Waals surface area contributed by atoms with Crippen LogP contribution in [0.15, 0.2) is 0 Å². The molecule has 1 aliphatic heterocycles. The molecule has 2 N–H and O–H groups in total. The summed E-state index contributed by atoms with van der Waals surface area (Å²) in [7, 11) is 1.31. The molecule has 2 amide bonds. The SMILES string of the molecule is COC(=O)C1(NC(=O)CCNC(=O)C2CC2C)CCOCC1. The smallest absolute Gasteiger partial charge is 0.331 e. The summed E-state index contributed by atoms with van der Waals surface area (Å²) in [6, 6.07) is 0. The zero-order valence-electron chi connectivity index (χ0n) is 13.1. The Morgan fingerprint density at radius 2 is 1.91 bits per heavy atom. The fourth-order valence-electron chi connectivity index (χ4n) is 2.74. The van der Waals surface area contributed by atoms with E-state index in [0.29, 0.717) is 32.0 Å². The number of carbonyl (C=O) groups excluding carboxylic acids is 3. The van der Waals surface area contributed by atoms with E-state index < -0.39 is 11.5 Å². The van der Waals surface area contributed by atoms with E-state index in [1.165, 1.54) is 7.11 Å². The standard InChI is InChI=1S/C15H24N2O5/c1-10-9-11(10)13(19)16-6-3-12(18)17-15(14(20)21-2)4-7-22-8-5-15/h10-11H,3-9H2,1-2H3,(H,16,19)(H,17,18). The summed E-state index contributed by atoms with van der Waals surface area (Å²) in [4.78, 5) is 35.7. The van der Waals surface area contributed by atoms with Gasteiger partial charge in [0.1, 0.15) is 5.54 Å². The number of methoxy groups -OCH3 is 1. The Morgan fingerprint density at radius 1 is 1.27 bits per heavy atom. The molecule has 2 aliphatic rings. The van der Waals surface area contributed by atoms with E-state index in [4.69, 9.17) is 9.47 Å². The van der Waals surface area contributed by atoms with E-state index in [1.807, 2.05) is 6.92 Å². The van der Waals surface area contributed by atoms with Gasteiger partial charge in [-0.15, -0.1) is 0 Å². The molecular formula is C15H24N2O5. The average molecular weight is 312 g/mol. The van der Waals surface area contributed by atoms with Gasteiger partial charge in [0.15, 0.2) is 0 Å². The predicted octanol–water partition coefficient (Wildman–Crippen LogP) is -0.0129. The van der Waals surface area contributed by atoms with E-state index in [1.54, 1.807) is 0 Å². The Bertz CT molecular complexity index is 445. The molecule has 2 atom stereocenters. The number of esters is 1. The van der Waals surface area contributed by atoms with Crippen LogP contribution in [0.3, 0.4) is 0 Å². The van der Waals surface area contributed by atoms with Crippen molar-refractivity contribution in [2.45, 2.75) is 38.1 Å². The second kappa shape index (κ2) is 7.09. The van der Waals surface area contributed by atoms with E-state index in [0.717, 1.165) is 6.42 Å². The van der Waals surface area contributed by atoms with Gasteiger partial charge in [-0.05, 0) is 12.3 Å². The third-order valence-corrected chi connectivity index (χ3v) is 4.40. The minimum absolute atomic E-state index is 0.00838. The molecule has 7 heteroatoms. The molecule has 1 aliphatic carbocycles. The zero-order valence-corrected chi connectivity index (χ0v) is 13.1. The fraction of sp³-hybridized carbons (Fsp3) is 0.800. The van der Waals surface area contributed by atoms with Crippen molar-refractivity contribution in [2.24, 2.45) is 11.8 Å². The lowest BCUT2D eigenvalue weighted by molar-refractivity contribution is -0.155. The van der Waals surface area contributed by atoms with Crippen LogP contribution in [-0.4, -0.2) is 50.2 Å². The van der Waals surface area contributed by atoms with Gasteiger partial charge < -0.3 is 20.1 Å². The number of rotatable bonds is 6. The van der Waals surface area contributed by atoms with Gasteiger partial charge in [0.25, 0.3) is 0 Å². The average Bonchev–Trinajstić information content (AvgIpc) is 3.24. The summed E-state index contributed by atoms with van der Waals surface area (Å²) in [6.45, 7) is 3.13. The predicted molar refractivity (Wildman–Crippen MR) is 77.8 cm³/mol. The van der Waals surface area contributed by atoms with Crippen LogP contribution in [0.1, 0.15) is 32.6 Å². The lowest BCUT2D eigenvalue weighted by Crippen LogP contribution is -2.58. The Kier molecular flexibility index (Phi) is 5.39. The highest BCUT2D eigenvalue weighted by Crippen LogP contribution is 2.37. The summed E-state index contributed by atoms with van der Waals surface area (Å²) in [5, 5.41) is 5.52. The molecule has 0 aromatic rings. The first-order valence-electron chi connectivity index (χ1n) is 7.73. The molecule has 7 nitrogen and oxygen atoms in total. The molecule has 1 saturated carbocycles. The number of hydrogen-bond donors (Lipinski definition) is 2. The summed E-state index contributed by atoms with van der Waals surface area (Å²) >= 11 is 0. The first-order chi connectivity index (χ1) is 10.5. The van der Waals surface area contributed by atoms with Crippen molar-refractivity contribution in [3.63, 3.8) is 0 Å². The Hall–Kier alpha value is -1.63. The largest absolute Gasteiger partial charge is 0.467 e. The summed E-state index contributed by atoms with van der Waals surface area (Å²) in [6.07, 6.45) is 1.87. The van der Waals surface area contributed by atoms with Crippen molar-refractivity contribution in [2.75, 3.05) is 26.9 Å². The Labute approximate surface area is 130 Å². The van der Waals surface area contributed by atoms with Gasteiger partial charge >= 0.3 is 5.97 Å². The lowest BCUT2D eigenvalue weighted by atomic mass is 9.90. The van der Waals surface area contributed by atoms with Crippen molar-refractivity contribution in [3.8, 4) is 0 Å². The summed E-state index contributed by atoms with van der Waals surface area (Å²) < 4.78 is 10.1. The van der Waals surface area contributed by atoms with E-state index in [2.05, 4.69) is 10.6 Å². The van der Waals surface area contributed by atoms with Gasteiger partial charge in [-0.2, -0.15) is 0 Å². The lowest BCUT2D eigenvalue weighted by Gasteiger charge is -2.35. The van der Waals surface area contributed by atoms with Crippen LogP contribution >= 0.6 is 0 Å². The van der Waals surface area contributed by atoms with Crippen LogP contribution in [0.4, 0.5) is 0 Å². The third kappa shape index (κ3) is 3.97. The first kappa shape index (κ1) is 16.7. The van der Waals surface area contributed by atoms with Crippen molar-refractivity contribution in [1.29, 1.82) is 0 Å². The van der Waals surface area contributed by atoms with Crippen molar-refractivity contribution < 1.29 is 23.9 Å². The zero-order chi connectivity index (χ0) is 16.2. The van der Waals surface area contributed by atoms with Gasteiger partial charge in [0.2, 0.25) is 11.8 Å². The van der Waals surface area contributed by atoms with Crippen LogP contribution in [-0.2, 0) is 23.9 Å². The van der Waals surface area contributed by atoms with Crippen molar-refractivity contribution >= 4 is 17.8 Å². The maximum atomic E-state index is 12.1. The van der Waals surface area contributed by atoms with Gasteiger partial charge in [0.05, 0.1) is 7.11 Å². The maximum Gasteiger partial charge on any atom is 0.331 e. The summed E-state index contributed by atoms with van der Waals surface area (Å²) in [5.41, 5.74) is -1.00. The highest BCUT2D eigenvalue weighted by molar-refractivity contribution is 5.88.